The van der Waals surface area contributed by atoms with Gasteiger partial charge in [-0.15, -0.1) is 11.3 Å². The Labute approximate surface area is 159 Å². The average molecular weight is 434 g/mol. The third-order valence-electron chi connectivity index (χ3n) is 3.50. The van der Waals surface area contributed by atoms with E-state index in [0.717, 1.165) is 42.7 Å². The fourth-order valence-electron chi connectivity index (χ4n) is 2.34. The minimum Gasteiger partial charge on any atom is -0.465 e. The number of methoxy groups -OCH3 is 1. The number of thiophene rings is 1. The molecule has 0 aliphatic carbocycles. The number of rotatable bonds is 4. The zero-order chi connectivity index (χ0) is 20.7. The summed E-state index contributed by atoms with van der Waals surface area (Å²) in [4.78, 5) is 22.4. The Morgan fingerprint density at radius 2 is 1.89 bits per heavy atom. The molecule has 0 bridgehead atoms. The highest BCUT2D eigenvalue weighted by atomic mass is 32.2. The van der Waals surface area contributed by atoms with Gasteiger partial charge in [0.15, 0.2) is 0 Å². The van der Waals surface area contributed by atoms with Gasteiger partial charge < -0.3 is 13.3 Å². The summed E-state index contributed by atoms with van der Waals surface area (Å²) in [5.41, 5.74) is -2.99. The zero-order valence-corrected chi connectivity index (χ0v) is 15.4. The molecule has 28 heavy (non-hydrogen) atoms. The number of halogens is 3. The van der Waals surface area contributed by atoms with Crippen molar-refractivity contribution in [1.29, 1.82) is 0 Å². The Kier molecular flexibility index (Phi) is 4.93. The summed E-state index contributed by atoms with van der Waals surface area (Å²) in [5.74, 6) is -1.30. The van der Waals surface area contributed by atoms with Gasteiger partial charge in [-0.2, -0.15) is 21.6 Å². The van der Waals surface area contributed by atoms with Crippen molar-refractivity contribution in [3.8, 4) is 5.75 Å². The first kappa shape index (κ1) is 19.9. The number of benzene rings is 1. The Morgan fingerprint density at radius 3 is 2.54 bits per heavy atom. The molecule has 0 unspecified atom stereocenters. The van der Waals surface area contributed by atoms with Crippen LogP contribution >= 0.6 is 11.3 Å². The Bertz CT molecular complexity index is 1220. The third-order valence-corrected chi connectivity index (χ3v) is 5.81. The highest BCUT2D eigenvalue weighted by molar-refractivity contribution is 7.87. The number of hydrogen-bond donors (Lipinski definition) is 0. The summed E-state index contributed by atoms with van der Waals surface area (Å²) < 4.78 is 78.1. The van der Waals surface area contributed by atoms with Crippen molar-refractivity contribution in [2.75, 3.05) is 7.11 Å². The summed E-state index contributed by atoms with van der Waals surface area (Å²) in [6.45, 7) is 0. The molecule has 0 saturated carbocycles. The standard InChI is InChI=1S/C16H9F3O7S2/c1-24-15(21)14-12(4-5-27-14)28(22,23)26-8-2-3-9-10(16(17,18)19)7-13(20)25-11(9)6-8/h2-7H,1H3. The molecule has 0 saturated heterocycles. The van der Waals surface area contributed by atoms with Crippen LogP contribution in [0.5, 0.6) is 5.75 Å². The van der Waals surface area contributed by atoms with Crippen LogP contribution in [0.25, 0.3) is 11.0 Å². The van der Waals surface area contributed by atoms with Crippen LogP contribution in [0.15, 0.2) is 49.8 Å². The first-order valence-corrected chi connectivity index (χ1v) is 9.57. The molecule has 0 radical (unpaired) electrons. The number of fused-ring (bicyclic) bond motifs is 1. The summed E-state index contributed by atoms with van der Waals surface area (Å²) in [5, 5.41) is 0.889. The van der Waals surface area contributed by atoms with Gasteiger partial charge in [0.1, 0.15) is 21.1 Å². The van der Waals surface area contributed by atoms with E-state index in [-0.39, 0.29) is 4.88 Å². The molecule has 0 fully saturated rings. The lowest BCUT2D eigenvalue weighted by atomic mass is 10.1. The van der Waals surface area contributed by atoms with E-state index in [9.17, 15) is 31.2 Å². The molecule has 3 rings (SSSR count). The summed E-state index contributed by atoms with van der Waals surface area (Å²) >= 11 is 0.810. The maximum atomic E-state index is 13.1. The Hall–Kier alpha value is -2.86. The SMILES string of the molecule is COC(=O)c1sccc1S(=O)(=O)Oc1ccc2c(C(F)(F)F)cc(=O)oc2c1. The van der Waals surface area contributed by atoms with Crippen molar-refractivity contribution in [2.45, 2.75) is 11.1 Å². The molecule has 2 heterocycles. The van der Waals surface area contributed by atoms with Crippen molar-refractivity contribution >= 4 is 38.4 Å². The summed E-state index contributed by atoms with van der Waals surface area (Å²) in [6.07, 6.45) is -4.81. The number of alkyl halides is 3. The second-order valence-electron chi connectivity index (χ2n) is 5.28. The normalized spacial score (nSPS) is 12.1. The number of ether oxygens (including phenoxy) is 1. The molecule has 0 amide bonds. The molecule has 2 aromatic heterocycles. The van der Waals surface area contributed by atoms with Crippen LogP contribution in [0.1, 0.15) is 15.2 Å². The molecule has 7 nitrogen and oxygen atoms in total. The summed E-state index contributed by atoms with van der Waals surface area (Å²) in [6, 6.07) is 4.15. The van der Waals surface area contributed by atoms with E-state index >= 15 is 0 Å². The predicted molar refractivity (Wildman–Crippen MR) is 91.0 cm³/mol. The van der Waals surface area contributed by atoms with Gasteiger partial charge in [0.05, 0.1) is 12.7 Å². The molecular weight excluding hydrogens is 425 g/mol. The van der Waals surface area contributed by atoms with Crippen molar-refractivity contribution in [1.82, 2.24) is 0 Å². The van der Waals surface area contributed by atoms with Gasteiger partial charge >= 0.3 is 27.9 Å². The van der Waals surface area contributed by atoms with Gasteiger partial charge in [0.2, 0.25) is 0 Å². The molecule has 0 aliphatic rings. The second kappa shape index (κ2) is 6.95. The van der Waals surface area contributed by atoms with Crippen molar-refractivity contribution in [2.24, 2.45) is 0 Å². The maximum absolute atomic E-state index is 13.1. The van der Waals surface area contributed by atoms with Crippen molar-refractivity contribution in [3.05, 3.63) is 56.6 Å². The predicted octanol–water partition coefficient (Wildman–Crippen LogP) is 3.43. The molecule has 0 aliphatic heterocycles. The second-order valence-corrected chi connectivity index (χ2v) is 7.71. The topological polar surface area (TPSA) is 99.9 Å². The van der Waals surface area contributed by atoms with Crippen LogP contribution in [-0.4, -0.2) is 21.5 Å². The van der Waals surface area contributed by atoms with Crippen molar-refractivity contribution < 1.29 is 39.7 Å². The van der Waals surface area contributed by atoms with Gasteiger partial charge in [0, 0.05) is 17.5 Å². The number of carbonyl (C=O) groups is 1. The van der Waals surface area contributed by atoms with Crippen LogP contribution < -0.4 is 9.81 Å². The first-order chi connectivity index (χ1) is 13.0. The van der Waals surface area contributed by atoms with E-state index in [1.807, 2.05) is 0 Å². The smallest absolute Gasteiger partial charge is 0.417 e. The fraction of sp³-hybridized carbons (Fsp3) is 0.125. The molecule has 1 aromatic carbocycles. The van der Waals surface area contributed by atoms with Gasteiger partial charge in [-0.3, -0.25) is 0 Å². The van der Waals surface area contributed by atoms with Crippen LogP contribution in [0, 0.1) is 0 Å². The molecule has 0 atom stereocenters. The van der Waals surface area contributed by atoms with Gasteiger partial charge in [-0.05, 0) is 23.6 Å². The zero-order valence-electron chi connectivity index (χ0n) is 13.8. The Morgan fingerprint density at radius 1 is 1.18 bits per heavy atom. The Balaban J connectivity index is 2.05. The molecule has 148 valence electrons. The van der Waals surface area contributed by atoms with Crippen LogP contribution in [0.2, 0.25) is 0 Å². The molecule has 12 heteroatoms. The monoisotopic (exact) mass is 434 g/mol. The van der Waals surface area contributed by atoms with Gasteiger partial charge in [-0.1, -0.05) is 0 Å². The van der Waals surface area contributed by atoms with E-state index in [0.29, 0.717) is 6.07 Å². The number of carbonyl (C=O) groups excluding carboxylic acids is 1. The first-order valence-electron chi connectivity index (χ1n) is 7.28. The van der Waals surface area contributed by atoms with Gasteiger partial charge in [-0.25, -0.2) is 9.59 Å². The van der Waals surface area contributed by atoms with E-state index in [2.05, 4.69) is 4.74 Å². The molecule has 3 aromatic rings. The lowest BCUT2D eigenvalue weighted by molar-refractivity contribution is -0.136. The minimum atomic E-state index is -4.81. The van der Waals surface area contributed by atoms with E-state index in [4.69, 9.17) is 8.60 Å². The van der Waals surface area contributed by atoms with E-state index < -0.39 is 55.1 Å². The highest BCUT2D eigenvalue weighted by Crippen LogP contribution is 2.35. The molecular formula is C16H9F3O7S2. The van der Waals surface area contributed by atoms with Gasteiger partial charge in [0.25, 0.3) is 0 Å². The average Bonchev–Trinajstić information content (AvgIpc) is 3.09. The quantitative estimate of drug-likeness (QED) is 0.352. The number of esters is 1. The van der Waals surface area contributed by atoms with Crippen LogP contribution in [-0.2, 0) is 21.0 Å². The highest BCUT2D eigenvalue weighted by Gasteiger charge is 2.34. The lowest BCUT2D eigenvalue weighted by Crippen LogP contribution is -2.14. The van der Waals surface area contributed by atoms with E-state index in [1.54, 1.807) is 0 Å². The maximum Gasteiger partial charge on any atom is 0.417 e. The fourth-order valence-corrected chi connectivity index (χ4v) is 4.57. The minimum absolute atomic E-state index is 0.228. The number of hydrogen-bond acceptors (Lipinski definition) is 8. The molecule has 0 spiro atoms. The summed E-state index contributed by atoms with van der Waals surface area (Å²) in [7, 11) is -3.43. The van der Waals surface area contributed by atoms with Crippen LogP contribution in [0.4, 0.5) is 13.2 Å². The van der Waals surface area contributed by atoms with Crippen molar-refractivity contribution in [3.63, 3.8) is 0 Å². The molecule has 0 N–H and O–H groups in total. The largest absolute Gasteiger partial charge is 0.465 e. The lowest BCUT2D eigenvalue weighted by Gasteiger charge is -2.11. The van der Waals surface area contributed by atoms with E-state index in [1.165, 1.54) is 5.38 Å². The third kappa shape index (κ3) is 3.73. The van der Waals surface area contributed by atoms with Crippen LogP contribution in [0.3, 0.4) is 0 Å².